The Labute approximate surface area is 119 Å². The van der Waals surface area contributed by atoms with E-state index in [1.165, 1.54) is 4.31 Å². The zero-order valence-electron chi connectivity index (χ0n) is 11.8. The Balaban J connectivity index is 1.96. The molecule has 2 heterocycles. The molecule has 0 radical (unpaired) electrons. The number of sulfonamides is 1. The average molecular weight is 300 g/mol. The van der Waals surface area contributed by atoms with Gasteiger partial charge >= 0.3 is 0 Å². The van der Waals surface area contributed by atoms with Gasteiger partial charge in [-0.2, -0.15) is 9.40 Å². The number of carbonyl (C=O) groups is 1. The van der Waals surface area contributed by atoms with Crippen molar-refractivity contribution in [3.8, 4) is 0 Å². The molecule has 1 aliphatic rings. The number of aromatic nitrogens is 2. The second kappa shape index (κ2) is 5.92. The van der Waals surface area contributed by atoms with Crippen LogP contribution in [0.15, 0.2) is 6.07 Å². The van der Waals surface area contributed by atoms with Crippen LogP contribution < -0.4 is 0 Å². The van der Waals surface area contributed by atoms with E-state index in [0.717, 1.165) is 5.69 Å². The zero-order valence-corrected chi connectivity index (χ0v) is 12.6. The van der Waals surface area contributed by atoms with Crippen molar-refractivity contribution >= 4 is 15.9 Å². The van der Waals surface area contributed by atoms with Crippen molar-refractivity contribution in [3.05, 3.63) is 17.5 Å². The van der Waals surface area contributed by atoms with Crippen molar-refractivity contribution in [2.45, 2.75) is 20.3 Å². The predicted octanol–water partition coefficient (Wildman–Crippen LogP) is 0.216. The Hall–Kier alpha value is -1.41. The molecule has 1 fully saturated rings. The van der Waals surface area contributed by atoms with Crippen molar-refractivity contribution in [1.82, 2.24) is 19.4 Å². The lowest BCUT2D eigenvalue weighted by atomic mass is 10.3. The molecule has 1 N–H and O–H groups in total. The first-order chi connectivity index (χ1) is 9.44. The largest absolute Gasteiger partial charge is 0.335 e. The van der Waals surface area contributed by atoms with E-state index in [9.17, 15) is 13.2 Å². The van der Waals surface area contributed by atoms with Crippen molar-refractivity contribution < 1.29 is 13.2 Å². The first-order valence-corrected chi connectivity index (χ1v) is 8.34. The molecule has 2 rings (SSSR count). The Morgan fingerprint density at radius 1 is 1.35 bits per heavy atom. The summed E-state index contributed by atoms with van der Waals surface area (Å²) in [5, 5.41) is 6.67. The minimum Gasteiger partial charge on any atom is -0.335 e. The molecule has 0 atom stereocenters. The Morgan fingerprint density at radius 3 is 2.50 bits per heavy atom. The van der Waals surface area contributed by atoms with Crippen LogP contribution >= 0.6 is 0 Å². The van der Waals surface area contributed by atoms with Gasteiger partial charge in [-0.3, -0.25) is 9.89 Å². The lowest BCUT2D eigenvalue weighted by Crippen LogP contribution is -2.51. The van der Waals surface area contributed by atoms with E-state index in [0.29, 0.717) is 38.3 Å². The molecule has 0 saturated carbocycles. The van der Waals surface area contributed by atoms with Gasteiger partial charge in [-0.1, -0.05) is 6.92 Å². The second-order valence-electron chi connectivity index (χ2n) is 4.94. The van der Waals surface area contributed by atoms with E-state index in [-0.39, 0.29) is 11.7 Å². The minimum atomic E-state index is -3.17. The van der Waals surface area contributed by atoms with E-state index in [2.05, 4.69) is 10.2 Å². The third-order valence-electron chi connectivity index (χ3n) is 3.31. The standard InChI is InChI=1S/C12H20N4O3S/c1-3-8-20(18,19)16-6-4-15(5-7-16)12(17)11-9-10(2)13-14-11/h9H,3-8H2,1-2H3,(H,13,14). The first kappa shape index (κ1) is 15.0. The number of nitrogens with zero attached hydrogens (tertiary/aromatic N) is 3. The van der Waals surface area contributed by atoms with Gasteiger partial charge in [-0.25, -0.2) is 8.42 Å². The van der Waals surface area contributed by atoms with Crippen LogP contribution in [0.3, 0.4) is 0 Å². The van der Waals surface area contributed by atoms with Crippen LogP contribution in [0.1, 0.15) is 29.5 Å². The molecule has 1 amide bonds. The fourth-order valence-corrected chi connectivity index (χ4v) is 3.74. The van der Waals surface area contributed by atoms with Gasteiger partial charge in [0, 0.05) is 31.9 Å². The van der Waals surface area contributed by atoms with Gasteiger partial charge in [0.25, 0.3) is 5.91 Å². The normalized spacial score (nSPS) is 17.4. The number of nitrogens with one attached hydrogen (secondary N) is 1. The summed E-state index contributed by atoms with van der Waals surface area (Å²) in [6, 6.07) is 1.70. The third-order valence-corrected chi connectivity index (χ3v) is 5.38. The molecule has 0 bridgehead atoms. The van der Waals surface area contributed by atoms with Crippen molar-refractivity contribution in [2.75, 3.05) is 31.9 Å². The summed E-state index contributed by atoms with van der Waals surface area (Å²) in [5.74, 6) is 0.0151. The van der Waals surface area contributed by atoms with E-state index < -0.39 is 10.0 Å². The van der Waals surface area contributed by atoms with Gasteiger partial charge in [-0.15, -0.1) is 0 Å². The number of rotatable bonds is 4. The van der Waals surface area contributed by atoms with Crippen LogP contribution in [0, 0.1) is 6.92 Å². The van der Waals surface area contributed by atoms with Crippen LogP contribution in [0.2, 0.25) is 0 Å². The van der Waals surface area contributed by atoms with E-state index >= 15 is 0 Å². The van der Waals surface area contributed by atoms with Crippen molar-refractivity contribution in [2.24, 2.45) is 0 Å². The fraction of sp³-hybridized carbons (Fsp3) is 0.667. The van der Waals surface area contributed by atoms with Crippen LogP contribution in [0.25, 0.3) is 0 Å². The van der Waals surface area contributed by atoms with Crippen LogP contribution in [-0.2, 0) is 10.0 Å². The monoisotopic (exact) mass is 300 g/mol. The van der Waals surface area contributed by atoms with Gasteiger partial charge in [0.15, 0.2) is 0 Å². The molecule has 0 aromatic carbocycles. The number of piperazine rings is 1. The number of amides is 1. The van der Waals surface area contributed by atoms with E-state index in [1.807, 2.05) is 13.8 Å². The summed E-state index contributed by atoms with van der Waals surface area (Å²) in [6.07, 6.45) is 0.605. The Morgan fingerprint density at radius 2 is 2.00 bits per heavy atom. The summed E-state index contributed by atoms with van der Waals surface area (Å²) < 4.78 is 25.3. The Kier molecular flexibility index (Phi) is 4.44. The Bertz CT molecular complexity index is 573. The topological polar surface area (TPSA) is 86.4 Å². The molecule has 1 saturated heterocycles. The molecular formula is C12H20N4O3S. The van der Waals surface area contributed by atoms with Crippen molar-refractivity contribution in [1.29, 1.82) is 0 Å². The minimum absolute atomic E-state index is 0.151. The maximum absolute atomic E-state index is 12.2. The lowest BCUT2D eigenvalue weighted by molar-refractivity contribution is 0.0692. The molecule has 0 unspecified atom stereocenters. The summed E-state index contributed by atoms with van der Waals surface area (Å²) in [4.78, 5) is 13.8. The van der Waals surface area contributed by atoms with Gasteiger partial charge in [0.1, 0.15) is 5.69 Å². The maximum Gasteiger partial charge on any atom is 0.274 e. The van der Waals surface area contributed by atoms with Crippen LogP contribution in [0.4, 0.5) is 0 Å². The third kappa shape index (κ3) is 3.18. The molecule has 8 heteroatoms. The van der Waals surface area contributed by atoms with Gasteiger partial charge in [-0.05, 0) is 19.4 Å². The maximum atomic E-state index is 12.2. The quantitative estimate of drug-likeness (QED) is 0.861. The number of carbonyl (C=O) groups excluding carboxylic acids is 1. The van der Waals surface area contributed by atoms with E-state index in [4.69, 9.17) is 0 Å². The highest BCUT2D eigenvalue weighted by molar-refractivity contribution is 7.89. The molecule has 0 spiro atoms. The van der Waals surface area contributed by atoms with Gasteiger partial charge < -0.3 is 4.90 Å². The average Bonchev–Trinajstić information content (AvgIpc) is 2.85. The molecule has 1 aromatic rings. The van der Waals surface area contributed by atoms with Crippen LogP contribution in [-0.4, -0.2) is 65.7 Å². The number of hydrogen-bond acceptors (Lipinski definition) is 4. The molecule has 20 heavy (non-hydrogen) atoms. The second-order valence-corrected chi connectivity index (χ2v) is 7.03. The highest BCUT2D eigenvalue weighted by Gasteiger charge is 2.29. The number of hydrogen-bond donors (Lipinski definition) is 1. The molecule has 1 aliphatic heterocycles. The highest BCUT2D eigenvalue weighted by atomic mass is 32.2. The molecule has 1 aromatic heterocycles. The molecule has 112 valence electrons. The molecule has 0 aliphatic carbocycles. The fourth-order valence-electron chi connectivity index (χ4n) is 2.25. The van der Waals surface area contributed by atoms with Crippen molar-refractivity contribution in [3.63, 3.8) is 0 Å². The zero-order chi connectivity index (χ0) is 14.8. The van der Waals surface area contributed by atoms with Gasteiger partial charge in [0.05, 0.1) is 5.75 Å². The number of aromatic amines is 1. The summed E-state index contributed by atoms with van der Waals surface area (Å²) in [7, 11) is -3.17. The smallest absolute Gasteiger partial charge is 0.274 e. The summed E-state index contributed by atoms with van der Waals surface area (Å²) >= 11 is 0. The molecule has 7 nitrogen and oxygen atoms in total. The van der Waals surface area contributed by atoms with Gasteiger partial charge in [0.2, 0.25) is 10.0 Å². The van der Waals surface area contributed by atoms with E-state index in [1.54, 1.807) is 11.0 Å². The van der Waals surface area contributed by atoms with Crippen LogP contribution in [0.5, 0.6) is 0 Å². The lowest BCUT2D eigenvalue weighted by Gasteiger charge is -2.33. The number of H-pyrrole nitrogens is 1. The first-order valence-electron chi connectivity index (χ1n) is 6.73. The SMILES string of the molecule is CCCS(=O)(=O)N1CCN(C(=O)c2cc(C)[nH]n2)CC1. The molecular weight excluding hydrogens is 280 g/mol. The highest BCUT2D eigenvalue weighted by Crippen LogP contribution is 2.11. The predicted molar refractivity (Wildman–Crippen MR) is 74.9 cm³/mol. The summed E-state index contributed by atoms with van der Waals surface area (Å²) in [5.41, 5.74) is 1.21. The summed E-state index contributed by atoms with van der Waals surface area (Å²) in [6.45, 7) is 5.21. The number of aryl methyl sites for hydroxylation is 1.